The number of benzene rings is 2. The van der Waals surface area contributed by atoms with Crippen molar-refractivity contribution in [1.82, 2.24) is 0 Å². The van der Waals surface area contributed by atoms with Crippen molar-refractivity contribution in [1.29, 1.82) is 5.41 Å². The van der Waals surface area contributed by atoms with Crippen LogP contribution in [0.15, 0.2) is 50.3 Å². The lowest BCUT2D eigenvalue weighted by molar-refractivity contribution is 0.104. The highest BCUT2D eigenvalue weighted by Crippen LogP contribution is 2.39. The second-order valence-corrected chi connectivity index (χ2v) is 6.65. The first-order chi connectivity index (χ1) is 11.5. The molecule has 5 nitrogen and oxygen atoms in total. The van der Waals surface area contributed by atoms with Gasteiger partial charge in [-0.15, -0.1) is 0 Å². The number of nitrogens with two attached hydrogens (primary N) is 1. The van der Waals surface area contributed by atoms with Gasteiger partial charge in [-0.05, 0) is 36.4 Å². The second kappa shape index (κ2) is 5.29. The third-order valence-electron chi connectivity index (χ3n) is 3.76. The molecule has 0 bridgehead atoms. The van der Waals surface area contributed by atoms with E-state index in [0.717, 1.165) is 4.47 Å². The van der Waals surface area contributed by atoms with Crippen LogP contribution in [-0.4, -0.2) is 17.2 Å². The molecule has 2 aromatic carbocycles. The van der Waals surface area contributed by atoms with E-state index in [1.54, 1.807) is 24.3 Å². The highest BCUT2D eigenvalue weighted by molar-refractivity contribution is 9.10. The van der Waals surface area contributed by atoms with E-state index in [4.69, 9.17) is 27.2 Å². The van der Waals surface area contributed by atoms with E-state index in [1.165, 1.54) is 0 Å². The molecule has 2 heterocycles. The highest BCUT2D eigenvalue weighted by Gasteiger charge is 2.33. The number of carbonyl (C=O) groups is 1. The summed E-state index contributed by atoms with van der Waals surface area (Å²) in [5.41, 5.74) is 7.59. The Morgan fingerprint density at radius 3 is 2.79 bits per heavy atom. The van der Waals surface area contributed by atoms with Crippen LogP contribution in [0.4, 0.5) is 11.4 Å². The number of nitrogen functional groups attached to an aromatic ring is 1. The van der Waals surface area contributed by atoms with E-state index in [9.17, 15) is 4.79 Å². The molecule has 0 saturated heterocycles. The van der Waals surface area contributed by atoms with Gasteiger partial charge in [0.2, 0.25) is 11.5 Å². The predicted molar refractivity (Wildman–Crippen MR) is 98.0 cm³/mol. The summed E-state index contributed by atoms with van der Waals surface area (Å²) in [5, 5.41) is 9.22. The maximum absolute atomic E-state index is 12.6. The number of anilines is 1. The quantitative estimate of drug-likeness (QED) is 0.574. The van der Waals surface area contributed by atoms with Crippen LogP contribution in [0.2, 0.25) is 5.02 Å². The molecule has 0 spiro atoms. The Labute approximate surface area is 149 Å². The van der Waals surface area contributed by atoms with E-state index in [2.05, 4.69) is 20.9 Å². The molecule has 24 heavy (non-hydrogen) atoms. The third-order valence-corrected chi connectivity index (χ3v) is 4.59. The molecular weight excluding hydrogens is 394 g/mol. The molecule has 0 atom stereocenters. The first-order valence-corrected chi connectivity index (χ1v) is 8.12. The number of rotatable bonds is 1. The van der Waals surface area contributed by atoms with Crippen LogP contribution in [0, 0.1) is 5.41 Å². The van der Waals surface area contributed by atoms with Crippen molar-refractivity contribution in [2.24, 2.45) is 4.99 Å². The minimum absolute atomic E-state index is 0.0666. The number of nitrogens with zero attached hydrogens (tertiary/aromatic N) is 1. The lowest BCUT2D eigenvalue weighted by Gasteiger charge is -2.13. The molecule has 0 saturated carbocycles. The number of halogens is 2. The topological polar surface area (TPSA) is 92.4 Å². The zero-order valence-electron chi connectivity index (χ0n) is 12.1. The van der Waals surface area contributed by atoms with Crippen LogP contribution < -0.4 is 5.73 Å². The number of carbonyl (C=O) groups excluding carboxylic acids is 1. The van der Waals surface area contributed by atoms with Crippen LogP contribution in [0.1, 0.15) is 16.1 Å². The minimum Gasteiger partial charge on any atom is -0.450 e. The minimum atomic E-state index is -0.527. The van der Waals surface area contributed by atoms with Crippen LogP contribution in [0.3, 0.4) is 0 Å². The van der Waals surface area contributed by atoms with E-state index in [0.29, 0.717) is 32.9 Å². The van der Waals surface area contributed by atoms with Gasteiger partial charge in [0.05, 0.1) is 5.02 Å². The Bertz CT molecular complexity index is 1080. The standard InChI is InChI=1S/C17H9BrClN3O2/c18-7-1-4-12-10(5-7)15-17(24-12)16(23)13(21)14(22-15)9-6-8(20)2-3-11(9)19/h1-6,21H,20H2. The van der Waals surface area contributed by atoms with Gasteiger partial charge in [-0.1, -0.05) is 27.5 Å². The molecule has 0 amide bonds. The molecule has 0 radical (unpaired) electrons. The second-order valence-electron chi connectivity index (χ2n) is 5.32. The lowest BCUT2D eigenvalue weighted by Crippen LogP contribution is -2.27. The summed E-state index contributed by atoms with van der Waals surface area (Å²) in [6, 6.07) is 10.3. The van der Waals surface area contributed by atoms with Crippen LogP contribution in [-0.2, 0) is 0 Å². The molecule has 0 fully saturated rings. The number of hydrogen-bond donors (Lipinski definition) is 2. The van der Waals surface area contributed by atoms with Crippen molar-refractivity contribution in [2.75, 3.05) is 5.73 Å². The van der Waals surface area contributed by atoms with Crippen molar-refractivity contribution in [3.8, 4) is 0 Å². The average molecular weight is 403 g/mol. The first kappa shape index (κ1) is 15.1. The molecule has 1 aliphatic heterocycles. The molecule has 0 aliphatic carbocycles. The van der Waals surface area contributed by atoms with Crippen LogP contribution >= 0.6 is 27.5 Å². The SMILES string of the molecule is N=C1C(=O)c2oc3ccc(Br)cc3c2N=C1c1cc(N)ccc1Cl. The summed E-state index contributed by atoms with van der Waals surface area (Å²) in [5.74, 6) is -0.460. The Balaban J connectivity index is 2.03. The third kappa shape index (κ3) is 2.18. The number of aliphatic imine (C=N–C) groups is 1. The fourth-order valence-electron chi connectivity index (χ4n) is 2.63. The zero-order valence-corrected chi connectivity index (χ0v) is 14.4. The predicted octanol–water partition coefficient (Wildman–Crippen LogP) is 4.77. The number of Topliss-reactive ketones (excluding diaryl/α,β-unsaturated/α-hetero) is 1. The summed E-state index contributed by atoms with van der Waals surface area (Å²) in [4.78, 5) is 17.1. The zero-order chi connectivity index (χ0) is 17.0. The number of furan rings is 1. The molecule has 3 N–H and O–H groups in total. The molecule has 118 valence electrons. The Hall–Kier alpha value is -2.44. The van der Waals surface area contributed by atoms with Crippen molar-refractivity contribution in [3.05, 3.63) is 57.2 Å². The van der Waals surface area contributed by atoms with E-state index in [1.807, 2.05) is 12.1 Å². The Morgan fingerprint density at radius 1 is 1.21 bits per heavy atom. The average Bonchev–Trinajstić information content (AvgIpc) is 2.91. The van der Waals surface area contributed by atoms with Gasteiger partial charge in [-0.25, -0.2) is 4.99 Å². The molecule has 0 unspecified atom stereocenters. The van der Waals surface area contributed by atoms with Crippen molar-refractivity contribution in [2.45, 2.75) is 0 Å². The normalized spacial score (nSPS) is 14.0. The lowest BCUT2D eigenvalue weighted by atomic mass is 9.97. The van der Waals surface area contributed by atoms with Gasteiger partial charge >= 0.3 is 0 Å². The molecule has 7 heteroatoms. The largest absolute Gasteiger partial charge is 0.450 e. The van der Waals surface area contributed by atoms with Gasteiger partial charge in [0.15, 0.2) is 0 Å². The summed E-state index contributed by atoms with van der Waals surface area (Å²) in [6.45, 7) is 0. The number of hydrogen-bond acceptors (Lipinski definition) is 5. The Kier molecular flexibility index (Phi) is 3.33. The number of nitrogens with one attached hydrogen (secondary N) is 1. The van der Waals surface area contributed by atoms with Crippen molar-refractivity contribution < 1.29 is 9.21 Å². The summed E-state index contributed by atoms with van der Waals surface area (Å²) >= 11 is 9.61. The van der Waals surface area contributed by atoms with E-state index < -0.39 is 5.78 Å². The number of ketones is 1. The van der Waals surface area contributed by atoms with Gasteiger partial charge in [0.1, 0.15) is 22.7 Å². The van der Waals surface area contributed by atoms with Crippen LogP contribution in [0.25, 0.3) is 11.0 Å². The fourth-order valence-corrected chi connectivity index (χ4v) is 3.20. The first-order valence-electron chi connectivity index (χ1n) is 6.95. The fraction of sp³-hybridized carbons (Fsp3) is 0. The van der Waals surface area contributed by atoms with Gasteiger partial charge < -0.3 is 10.2 Å². The van der Waals surface area contributed by atoms with Crippen LogP contribution in [0.5, 0.6) is 0 Å². The maximum Gasteiger partial charge on any atom is 0.250 e. The van der Waals surface area contributed by atoms with Gasteiger partial charge in [0, 0.05) is 21.1 Å². The van der Waals surface area contributed by atoms with E-state index >= 15 is 0 Å². The van der Waals surface area contributed by atoms with Gasteiger partial charge in [0.25, 0.3) is 0 Å². The molecule has 4 rings (SSSR count). The monoisotopic (exact) mass is 401 g/mol. The van der Waals surface area contributed by atoms with Crippen molar-refractivity contribution in [3.63, 3.8) is 0 Å². The smallest absolute Gasteiger partial charge is 0.250 e. The summed E-state index contributed by atoms with van der Waals surface area (Å²) in [7, 11) is 0. The highest BCUT2D eigenvalue weighted by atomic mass is 79.9. The van der Waals surface area contributed by atoms with Gasteiger partial charge in [-0.3, -0.25) is 10.2 Å². The Morgan fingerprint density at radius 2 is 2.00 bits per heavy atom. The molecule has 3 aromatic rings. The van der Waals surface area contributed by atoms with Crippen molar-refractivity contribution >= 4 is 67.1 Å². The molecule has 1 aliphatic rings. The summed E-state index contributed by atoms with van der Waals surface area (Å²) in [6.07, 6.45) is 0. The number of fused-ring (bicyclic) bond motifs is 3. The van der Waals surface area contributed by atoms with E-state index in [-0.39, 0.29) is 17.2 Å². The maximum atomic E-state index is 12.6. The molecule has 1 aromatic heterocycles. The summed E-state index contributed by atoms with van der Waals surface area (Å²) < 4.78 is 6.43. The molecular formula is C17H9BrClN3O2. The van der Waals surface area contributed by atoms with Gasteiger partial charge in [-0.2, -0.15) is 0 Å².